The SMILES string of the molecule is CCOC(=O)c1ccc(O)cc1OC(F)(F)F. The lowest BCUT2D eigenvalue weighted by Gasteiger charge is -2.12. The van der Waals surface area contributed by atoms with Gasteiger partial charge in [-0.3, -0.25) is 0 Å². The minimum absolute atomic E-state index is 0.0190. The minimum Gasteiger partial charge on any atom is -0.508 e. The van der Waals surface area contributed by atoms with Gasteiger partial charge in [-0.05, 0) is 19.1 Å². The molecule has 0 fully saturated rings. The highest BCUT2D eigenvalue weighted by atomic mass is 19.4. The van der Waals surface area contributed by atoms with Crippen molar-refractivity contribution >= 4 is 5.97 Å². The van der Waals surface area contributed by atoms with E-state index in [9.17, 15) is 18.0 Å². The van der Waals surface area contributed by atoms with Crippen LogP contribution in [0.25, 0.3) is 0 Å². The zero-order valence-corrected chi connectivity index (χ0v) is 8.75. The van der Waals surface area contributed by atoms with Crippen LogP contribution in [0.4, 0.5) is 13.2 Å². The number of rotatable bonds is 3. The molecular formula is C10H9F3O4. The van der Waals surface area contributed by atoms with Gasteiger partial charge in [0.05, 0.1) is 6.61 Å². The molecule has 0 unspecified atom stereocenters. The van der Waals surface area contributed by atoms with Crippen LogP contribution in [-0.4, -0.2) is 24.0 Å². The summed E-state index contributed by atoms with van der Waals surface area (Å²) in [6, 6.07) is 2.75. The van der Waals surface area contributed by atoms with Gasteiger partial charge >= 0.3 is 12.3 Å². The van der Waals surface area contributed by atoms with Gasteiger partial charge < -0.3 is 14.6 Å². The molecule has 1 rings (SSSR count). The van der Waals surface area contributed by atoms with Gasteiger partial charge in [0.2, 0.25) is 0 Å². The second-order valence-corrected chi connectivity index (χ2v) is 2.95. The molecular weight excluding hydrogens is 241 g/mol. The fourth-order valence-electron chi connectivity index (χ4n) is 1.10. The summed E-state index contributed by atoms with van der Waals surface area (Å²) < 4.78 is 44.3. The number of alkyl halides is 3. The number of hydrogen-bond donors (Lipinski definition) is 1. The molecule has 0 atom stereocenters. The van der Waals surface area contributed by atoms with E-state index in [2.05, 4.69) is 9.47 Å². The highest BCUT2D eigenvalue weighted by Crippen LogP contribution is 2.30. The molecule has 1 aromatic carbocycles. The molecule has 0 saturated carbocycles. The first-order valence-corrected chi connectivity index (χ1v) is 4.59. The summed E-state index contributed by atoms with van der Waals surface area (Å²) >= 11 is 0. The molecule has 0 aromatic heterocycles. The molecule has 7 heteroatoms. The van der Waals surface area contributed by atoms with Gasteiger partial charge in [-0.15, -0.1) is 13.2 Å². The number of hydrogen-bond acceptors (Lipinski definition) is 4. The molecule has 94 valence electrons. The maximum atomic E-state index is 12.0. The van der Waals surface area contributed by atoms with Gasteiger partial charge in [-0.2, -0.15) is 0 Å². The van der Waals surface area contributed by atoms with Crippen LogP contribution in [0.15, 0.2) is 18.2 Å². The average molecular weight is 250 g/mol. The van der Waals surface area contributed by atoms with Crippen LogP contribution in [0.2, 0.25) is 0 Å². The van der Waals surface area contributed by atoms with Crippen molar-refractivity contribution in [1.82, 2.24) is 0 Å². The highest BCUT2D eigenvalue weighted by Gasteiger charge is 2.33. The van der Waals surface area contributed by atoms with Crippen molar-refractivity contribution in [3.05, 3.63) is 23.8 Å². The maximum Gasteiger partial charge on any atom is 0.573 e. The third kappa shape index (κ3) is 3.86. The van der Waals surface area contributed by atoms with Crippen LogP contribution in [0.5, 0.6) is 11.5 Å². The Morgan fingerprint density at radius 3 is 2.59 bits per heavy atom. The highest BCUT2D eigenvalue weighted by molar-refractivity contribution is 5.92. The number of carbonyl (C=O) groups excluding carboxylic acids is 1. The number of carbonyl (C=O) groups is 1. The van der Waals surface area contributed by atoms with Gasteiger partial charge in [-0.1, -0.05) is 0 Å². The lowest BCUT2D eigenvalue weighted by atomic mass is 10.2. The normalized spacial score (nSPS) is 11.1. The van der Waals surface area contributed by atoms with Gasteiger partial charge in [0, 0.05) is 6.07 Å². The van der Waals surface area contributed by atoms with Crippen molar-refractivity contribution in [1.29, 1.82) is 0 Å². The fourth-order valence-corrected chi connectivity index (χ4v) is 1.10. The topological polar surface area (TPSA) is 55.8 Å². The molecule has 0 bridgehead atoms. The molecule has 4 nitrogen and oxygen atoms in total. The number of aromatic hydroxyl groups is 1. The van der Waals surface area contributed by atoms with E-state index >= 15 is 0 Å². The van der Waals surface area contributed by atoms with Crippen molar-refractivity contribution in [2.45, 2.75) is 13.3 Å². The maximum absolute atomic E-state index is 12.0. The molecule has 0 aliphatic heterocycles. The molecule has 0 aliphatic rings. The first-order valence-electron chi connectivity index (χ1n) is 4.59. The lowest BCUT2D eigenvalue weighted by Crippen LogP contribution is -2.19. The summed E-state index contributed by atoms with van der Waals surface area (Å²) in [5.41, 5.74) is -0.401. The first-order chi connectivity index (χ1) is 7.83. The second kappa shape index (κ2) is 4.94. The van der Waals surface area contributed by atoms with E-state index in [0.717, 1.165) is 12.1 Å². The van der Waals surface area contributed by atoms with Crippen molar-refractivity contribution < 1.29 is 32.5 Å². The molecule has 0 amide bonds. The van der Waals surface area contributed by atoms with Crippen molar-refractivity contribution in [3.63, 3.8) is 0 Å². The molecule has 0 spiro atoms. The molecule has 1 aromatic rings. The Morgan fingerprint density at radius 1 is 1.41 bits per heavy atom. The number of halogens is 3. The Hall–Kier alpha value is -1.92. The van der Waals surface area contributed by atoms with E-state index in [4.69, 9.17) is 5.11 Å². The number of benzene rings is 1. The summed E-state index contributed by atoms with van der Waals surface area (Å²) in [5.74, 6) is -2.19. The van der Waals surface area contributed by atoms with E-state index in [1.807, 2.05) is 0 Å². The lowest BCUT2D eigenvalue weighted by molar-refractivity contribution is -0.274. The van der Waals surface area contributed by atoms with E-state index in [1.165, 1.54) is 6.92 Å². The number of ether oxygens (including phenoxy) is 2. The molecule has 0 saturated heterocycles. The van der Waals surface area contributed by atoms with Crippen LogP contribution in [0, 0.1) is 0 Å². The van der Waals surface area contributed by atoms with E-state index < -0.39 is 29.4 Å². The van der Waals surface area contributed by atoms with E-state index in [-0.39, 0.29) is 6.61 Å². The van der Waals surface area contributed by atoms with Crippen molar-refractivity contribution in [2.75, 3.05) is 6.61 Å². The number of phenolic OH excluding ortho intramolecular Hbond substituents is 1. The Balaban J connectivity index is 3.08. The van der Waals surface area contributed by atoms with Gasteiger partial charge in [0.1, 0.15) is 17.1 Å². The predicted octanol–water partition coefficient (Wildman–Crippen LogP) is 2.47. The van der Waals surface area contributed by atoms with Crippen LogP contribution in [0.1, 0.15) is 17.3 Å². The van der Waals surface area contributed by atoms with Crippen LogP contribution in [-0.2, 0) is 4.74 Å². The van der Waals surface area contributed by atoms with E-state index in [1.54, 1.807) is 0 Å². The summed E-state index contributed by atoms with van der Waals surface area (Å²) in [4.78, 5) is 11.3. The largest absolute Gasteiger partial charge is 0.573 e. The van der Waals surface area contributed by atoms with Crippen molar-refractivity contribution in [2.24, 2.45) is 0 Å². The number of phenols is 1. The summed E-state index contributed by atoms with van der Waals surface area (Å²) in [6.45, 7) is 1.54. The quantitative estimate of drug-likeness (QED) is 0.837. The molecule has 0 heterocycles. The van der Waals surface area contributed by atoms with Crippen LogP contribution in [0.3, 0.4) is 0 Å². The Morgan fingerprint density at radius 2 is 2.06 bits per heavy atom. The monoisotopic (exact) mass is 250 g/mol. The zero-order valence-electron chi connectivity index (χ0n) is 8.75. The molecule has 0 radical (unpaired) electrons. The Labute approximate surface area is 94.6 Å². The predicted molar refractivity (Wildman–Crippen MR) is 50.7 cm³/mol. The smallest absolute Gasteiger partial charge is 0.508 e. The van der Waals surface area contributed by atoms with E-state index in [0.29, 0.717) is 6.07 Å². The standard InChI is InChI=1S/C10H9F3O4/c1-2-16-9(15)7-4-3-6(14)5-8(7)17-10(11,12)13/h3-5,14H,2H2,1H3. The first kappa shape index (κ1) is 13.1. The van der Waals surface area contributed by atoms with Gasteiger partial charge in [0.15, 0.2) is 0 Å². The molecule has 1 N–H and O–H groups in total. The van der Waals surface area contributed by atoms with Crippen LogP contribution < -0.4 is 4.74 Å². The number of esters is 1. The van der Waals surface area contributed by atoms with Gasteiger partial charge in [-0.25, -0.2) is 4.79 Å². The zero-order chi connectivity index (χ0) is 13.1. The van der Waals surface area contributed by atoms with Crippen LogP contribution >= 0.6 is 0 Å². The third-order valence-corrected chi connectivity index (χ3v) is 1.69. The minimum atomic E-state index is -4.95. The second-order valence-electron chi connectivity index (χ2n) is 2.95. The molecule has 17 heavy (non-hydrogen) atoms. The fraction of sp³-hybridized carbons (Fsp3) is 0.300. The average Bonchev–Trinajstić information content (AvgIpc) is 2.15. The summed E-state index contributed by atoms with van der Waals surface area (Å²) in [5, 5.41) is 9.05. The Kier molecular flexibility index (Phi) is 3.82. The third-order valence-electron chi connectivity index (χ3n) is 1.69. The molecule has 0 aliphatic carbocycles. The van der Waals surface area contributed by atoms with Gasteiger partial charge in [0.25, 0.3) is 0 Å². The van der Waals surface area contributed by atoms with Crippen molar-refractivity contribution in [3.8, 4) is 11.5 Å². The summed E-state index contributed by atoms with van der Waals surface area (Å²) in [6.07, 6.45) is -4.95. The summed E-state index contributed by atoms with van der Waals surface area (Å²) in [7, 11) is 0. The Bertz CT molecular complexity index is 415.